The summed E-state index contributed by atoms with van der Waals surface area (Å²) >= 11 is 0. The molecule has 2 aromatic rings. The molecule has 0 saturated carbocycles. The Labute approximate surface area is 180 Å². The minimum absolute atomic E-state index is 0.0363. The van der Waals surface area contributed by atoms with Crippen LogP contribution in [-0.2, 0) is 6.54 Å². The number of benzene rings is 2. The van der Waals surface area contributed by atoms with Crippen molar-refractivity contribution in [1.82, 2.24) is 9.80 Å². The molecule has 0 bridgehead atoms. The van der Waals surface area contributed by atoms with Gasteiger partial charge in [0.2, 0.25) is 0 Å². The lowest BCUT2D eigenvalue weighted by molar-refractivity contribution is -0.385. The first-order valence-corrected chi connectivity index (χ1v) is 10.4. The molecular formula is C22H25N3O6. The van der Waals surface area contributed by atoms with Gasteiger partial charge in [0.25, 0.3) is 11.6 Å². The largest absolute Gasteiger partial charge is 0.494 e. The van der Waals surface area contributed by atoms with Crippen LogP contribution in [0.5, 0.6) is 17.2 Å². The van der Waals surface area contributed by atoms with Crippen molar-refractivity contribution in [3.8, 4) is 17.2 Å². The summed E-state index contributed by atoms with van der Waals surface area (Å²) in [5.74, 6) is 1.16. The third-order valence-electron chi connectivity index (χ3n) is 5.39. The second-order valence-corrected chi connectivity index (χ2v) is 7.42. The molecule has 1 amide bonds. The molecule has 2 aliphatic rings. The predicted octanol–water partition coefficient (Wildman–Crippen LogP) is 2.72. The molecule has 0 aromatic heterocycles. The zero-order chi connectivity index (χ0) is 21.8. The standard InChI is InChI=1S/C22H25N3O6/c1-2-29-17-5-3-16(4-6-17)15-23-7-9-24(10-8-23)22(26)18-13-20-21(31-12-11-30-20)14-19(18)25(27)28/h3-6,13-14H,2,7-12,15H2,1H3. The number of hydrogen-bond donors (Lipinski definition) is 0. The van der Waals surface area contributed by atoms with Gasteiger partial charge >= 0.3 is 0 Å². The second-order valence-electron chi connectivity index (χ2n) is 7.42. The number of ether oxygens (including phenoxy) is 3. The number of piperazine rings is 1. The van der Waals surface area contributed by atoms with Gasteiger partial charge < -0.3 is 19.1 Å². The van der Waals surface area contributed by atoms with E-state index < -0.39 is 4.92 Å². The van der Waals surface area contributed by atoms with E-state index >= 15 is 0 Å². The lowest BCUT2D eigenvalue weighted by Gasteiger charge is -2.34. The minimum Gasteiger partial charge on any atom is -0.494 e. The van der Waals surface area contributed by atoms with Crippen LogP contribution in [0.1, 0.15) is 22.8 Å². The Balaban J connectivity index is 1.40. The number of nitro groups is 1. The number of amides is 1. The Morgan fingerprint density at radius 2 is 1.71 bits per heavy atom. The Bertz CT molecular complexity index is 954. The fourth-order valence-electron chi connectivity index (χ4n) is 3.80. The van der Waals surface area contributed by atoms with E-state index in [1.54, 1.807) is 4.90 Å². The van der Waals surface area contributed by atoms with Crippen LogP contribution >= 0.6 is 0 Å². The molecule has 0 unspecified atom stereocenters. The molecule has 9 nitrogen and oxygen atoms in total. The van der Waals surface area contributed by atoms with Crippen molar-refractivity contribution in [2.75, 3.05) is 46.0 Å². The first-order chi connectivity index (χ1) is 15.0. The molecule has 164 valence electrons. The first-order valence-electron chi connectivity index (χ1n) is 10.4. The summed E-state index contributed by atoms with van der Waals surface area (Å²) in [6, 6.07) is 10.7. The smallest absolute Gasteiger partial charge is 0.286 e. The van der Waals surface area contributed by atoms with E-state index in [1.807, 2.05) is 31.2 Å². The molecule has 0 aliphatic carbocycles. The quantitative estimate of drug-likeness (QED) is 0.517. The highest BCUT2D eigenvalue weighted by molar-refractivity contribution is 5.99. The van der Waals surface area contributed by atoms with Crippen LogP contribution in [0.25, 0.3) is 0 Å². The highest BCUT2D eigenvalue weighted by atomic mass is 16.6. The average molecular weight is 427 g/mol. The Morgan fingerprint density at radius 3 is 2.32 bits per heavy atom. The van der Waals surface area contributed by atoms with Crippen molar-refractivity contribution in [2.45, 2.75) is 13.5 Å². The maximum Gasteiger partial charge on any atom is 0.286 e. The zero-order valence-corrected chi connectivity index (χ0v) is 17.4. The summed E-state index contributed by atoms with van der Waals surface area (Å²) in [7, 11) is 0. The van der Waals surface area contributed by atoms with Gasteiger partial charge in [-0.15, -0.1) is 0 Å². The van der Waals surface area contributed by atoms with Crippen molar-refractivity contribution in [2.24, 2.45) is 0 Å². The van der Waals surface area contributed by atoms with Gasteiger partial charge in [0.1, 0.15) is 24.5 Å². The lowest BCUT2D eigenvalue weighted by Crippen LogP contribution is -2.48. The van der Waals surface area contributed by atoms with Crippen LogP contribution in [0.2, 0.25) is 0 Å². The molecule has 4 rings (SSSR count). The number of hydrogen-bond acceptors (Lipinski definition) is 7. The van der Waals surface area contributed by atoms with E-state index in [-0.39, 0.29) is 17.2 Å². The molecule has 1 saturated heterocycles. The van der Waals surface area contributed by atoms with Crippen LogP contribution < -0.4 is 14.2 Å². The maximum absolute atomic E-state index is 13.1. The van der Waals surface area contributed by atoms with Crippen LogP contribution in [0.3, 0.4) is 0 Å². The predicted molar refractivity (Wildman–Crippen MR) is 113 cm³/mol. The van der Waals surface area contributed by atoms with E-state index in [0.29, 0.717) is 57.5 Å². The van der Waals surface area contributed by atoms with Gasteiger partial charge in [0, 0.05) is 38.8 Å². The van der Waals surface area contributed by atoms with E-state index in [0.717, 1.165) is 12.3 Å². The number of rotatable bonds is 6. The summed E-state index contributed by atoms with van der Waals surface area (Å²) in [6.07, 6.45) is 0. The van der Waals surface area contributed by atoms with E-state index in [4.69, 9.17) is 14.2 Å². The fourth-order valence-corrected chi connectivity index (χ4v) is 3.80. The van der Waals surface area contributed by atoms with Gasteiger partial charge in [-0.25, -0.2) is 0 Å². The van der Waals surface area contributed by atoms with Crippen LogP contribution in [0, 0.1) is 10.1 Å². The Kier molecular flexibility index (Phi) is 6.22. The molecule has 0 atom stereocenters. The third-order valence-corrected chi connectivity index (χ3v) is 5.39. The van der Waals surface area contributed by atoms with Gasteiger partial charge in [0.15, 0.2) is 11.5 Å². The fraction of sp³-hybridized carbons (Fsp3) is 0.409. The topological polar surface area (TPSA) is 94.4 Å². The highest BCUT2D eigenvalue weighted by Crippen LogP contribution is 2.37. The molecule has 31 heavy (non-hydrogen) atoms. The van der Waals surface area contributed by atoms with Crippen LogP contribution in [0.4, 0.5) is 5.69 Å². The number of fused-ring (bicyclic) bond motifs is 1. The van der Waals surface area contributed by atoms with Gasteiger partial charge in [-0.2, -0.15) is 0 Å². The molecule has 0 radical (unpaired) electrons. The van der Waals surface area contributed by atoms with Crippen molar-refractivity contribution in [3.63, 3.8) is 0 Å². The molecule has 1 fully saturated rings. The molecule has 2 heterocycles. The summed E-state index contributed by atoms with van der Waals surface area (Å²) in [5.41, 5.74) is 0.950. The molecule has 2 aromatic carbocycles. The lowest BCUT2D eigenvalue weighted by atomic mass is 10.1. The first kappa shape index (κ1) is 20.9. The average Bonchev–Trinajstić information content (AvgIpc) is 2.79. The van der Waals surface area contributed by atoms with Gasteiger partial charge in [-0.1, -0.05) is 12.1 Å². The molecule has 2 aliphatic heterocycles. The summed E-state index contributed by atoms with van der Waals surface area (Å²) in [4.78, 5) is 28.0. The van der Waals surface area contributed by atoms with Crippen molar-refractivity contribution in [3.05, 3.63) is 57.6 Å². The van der Waals surface area contributed by atoms with E-state index in [1.165, 1.54) is 17.7 Å². The van der Waals surface area contributed by atoms with Crippen molar-refractivity contribution >= 4 is 11.6 Å². The van der Waals surface area contributed by atoms with E-state index in [9.17, 15) is 14.9 Å². The summed E-state index contributed by atoms with van der Waals surface area (Å²) in [6.45, 7) is 6.43. The van der Waals surface area contributed by atoms with Crippen LogP contribution in [-0.4, -0.2) is 66.6 Å². The third kappa shape index (κ3) is 4.72. The molecular weight excluding hydrogens is 402 g/mol. The summed E-state index contributed by atoms with van der Waals surface area (Å²) in [5, 5.41) is 11.5. The number of carbonyl (C=O) groups is 1. The monoisotopic (exact) mass is 427 g/mol. The normalized spacial score (nSPS) is 16.1. The molecule has 0 N–H and O–H groups in total. The van der Waals surface area contributed by atoms with Gasteiger partial charge in [0.05, 0.1) is 17.6 Å². The highest BCUT2D eigenvalue weighted by Gasteiger charge is 2.30. The SMILES string of the molecule is CCOc1ccc(CN2CCN(C(=O)c3cc4c(cc3[N+](=O)[O-])OCCO4)CC2)cc1. The Morgan fingerprint density at radius 1 is 1.06 bits per heavy atom. The molecule has 9 heteroatoms. The maximum atomic E-state index is 13.1. The zero-order valence-electron chi connectivity index (χ0n) is 17.4. The van der Waals surface area contributed by atoms with Gasteiger partial charge in [-0.3, -0.25) is 19.8 Å². The number of nitrogens with zero attached hydrogens (tertiary/aromatic N) is 3. The number of carbonyl (C=O) groups excluding carboxylic acids is 1. The number of nitro benzene ring substituents is 1. The van der Waals surface area contributed by atoms with E-state index in [2.05, 4.69) is 4.90 Å². The molecule has 0 spiro atoms. The minimum atomic E-state index is -0.548. The van der Waals surface area contributed by atoms with Crippen molar-refractivity contribution < 1.29 is 23.9 Å². The van der Waals surface area contributed by atoms with Crippen molar-refractivity contribution in [1.29, 1.82) is 0 Å². The second kappa shape index (κ2) is 9.22. The summed E-state index contributed by atoms with van der Waals surface area (Å²) < 4.78 is 16.4. The van der Waals surface area contributed by atoms with Gasteiger partial charge in [-0.05, 0) is 24.6 Å². The Hall–Kier alpha value is -3.33. The van der Waals surface area contributed by atoms with Crippen LogP contribution in [0.15, 0.2) is 36.4 Å².